The highest BCUT2D eigenvalue weighted by Gasteiger charge is 2.32. The van der Waals surface area contributed by atoms with Gasteiger partial charge in [-0.05, 0) is 71.6 Å². The number of alkyl halides is 3. The third kappa shape index (κ3) is 4.62. The summed E-state index contributed by atoms with van der Waals surface area (Å²) in [5.74, 6) is 0. The Kier molecular flexibility index (Phi) is 6.10. The molecular weight excluding hydrogens is 542 g/mol. The minimum atomic E-state index is -4.62. The lowest BCUT2D eigenvalue weighted by Crippen LogP contribution is -2.43. The van der Waals surface area contributed by atoms with E-state index in [1.54, 1.807) is 12.1 Å². The smallest absolute Gasteiger partial charge is 0.304 e. The Balaban J connectivity index is 1.69. The van der Waals surface area contributed by atoms with Crippen LogP contribution in [0.2, 0.25) is 0 Å². The average Bonchev–Trinajstić information content (AvgIpc) is 3.05. The van der Waals surface area contributed by atoms with Gasteiger partial charge in [0.05, 0.1) is 19.7 Å². The van der Waals surface area contributed by atoms with E-state index in [0.717, 1.165) is 59.8 Å². The lowest BCUT2D eigenvalue weighted by Gasteiger charge is -2.32. The molecule has 5 nitrogen and oxygen atoms in total. The first-order chi connectivity index (χ1) is 14.6. The first kappa shape index (κ1) is 22.6. The summed E-state index contributed by atoms with van der Waals surface area (Å²) in [6, 6.07) is 11.2. The lowest BCUT2D eigenvalue weighted by molar-refractivity contribution is -0.137. The molecule has 0 radical (unpaired) electrons. The summed E-state index contributed by atoms with van der Waals surface area (Å²) >= 11 is 1.91. The molecule has 0 unspecified atom stereocenters. The largest absolute Gasteiger partial charge is 0.416 e. The molecule has 0 amide bonds. The highest BCUT2D eigenvalue weighted by molar-refractivity contribution is 14.1. The maximum Gasteiger partial charge on any atom is 0.416 e. The highest BCUT2D eigenvalue weighted by Crippen LogP contribution is 2.33. The summed E-state index contributed by atoms with van der Waals surface area (Å²) in [7, 11) is -2.09. The number of nitrogens with zero attached hydrogens (tertiary/aromatic N) is 3. The molecular formula is C21H21F3IN3O2S. The van der Waals surface area contributed by atoms with E-state index in [9.17, 15) is 21.6 Å². The number of hydrogen-bond donors (Lipinski definition) is 0. The summed E-state index contributed by atoms with van der Waals surface area (Å²) in [4.78, 5) is 4.24. The topological polar surface area (TPSA) is 45.5 Å². The van der Waals surface area contributed by atoms with Gasteiger partial charge in [-0.1, -0.05) is 12.1 Å². The van der Waals surface area contributed by atoms with Gasteiger partial charge >= 0.3 is 6.18 Å². The standard InChI is InChI=1S/C21H21F3IN3O2S/c1-26-7-9-27(10-8-26)14-15-5-6-19-16(11-15)12-20(25)28(19)31(29,30)18-4-2-3-17(13-18)21(22,23)24/h2-6,11-13H,7-10,14H2,1H3. The zero-order valence-electron chi connectivity index (χ0n) is 16.7. The third-order valence-electron chi connectivity index (χ3n) is 5.48. The number of benzene rings is 2. The van der Waals surface area contributed by atoms with Crippen molar-refractivity contribution in [2.45, 2.75) is 17.6 Å². The van der Waals surface area contributed by atoms with E-state index >= 15 is 0 Å². The Morgan fingerprint density at radius 3 is 2.39 bits per heavy atom. The van der Waals surface area contributed by atoms with E-state index < -0.39 is 21.8 Å². The van der Waals surface area contributed by atoms with Crippen molar-refractivity contribution in [1.82, 2.24) is 13.8 Å². The van der Waals surface area contributed by atoms with E-state index in [-0.39, 0.29) is 4.90 Å². The van der Waals surface area contributed by atoms with Crippen LogP contribution >= 0.6 is 22.6 Å². The first-order valence-electron chi connectivity index (χ1n) is 9.69. The molecule has 31 heavy (non-hydrogen) atoms. The Morgan fingerprint density at radius 2 is 1.71 bits per heavy atom. The number of hydrogen-bond acceptors (Lipinski definition) is 4. The molecule has 0 spiro atoms. The molecule has 0 atom stereocenters. The summed E-state index contributed by atoms with van der Waals surface area (Å²) in [5, 5.41) is 0.742. The molecule has 166 valence electrons. The molecule has 1 saturated heterocycles. The summed E-state index contributed by atoms with van der Waals surface area (Å²) < 4.78 is 67.2. The van der Waals surface area contributed by atoms with Crippen LogP contribution in [0, 0.1) is 3.70 Å². The Bertz CT molecular complexity index is 1220. The molecule has 0 N–H and O–H groups in total. The van der Waals surface area contributed by atoms with Crippen LogP contribution in [0.3, 0.4) is 0 Å². The SMILES string of the molecule is CN1CCN(Cc2ccc3c(c2)cc(I)n3S(=O)(=O)c2cccc(C(F)(F)F)c2)CC1. The van der Waals surface area contributed by atoms with Crippen molar-refractivity contribution >= 4 is 43.5 Å². The van der Waals surface area contributed by atoms with Crippen LogP contribution in [-0.2, 0) is 22.7 Å². The van der Waals surface area contributed by atoms with Crippen molar-refractivity contribution in [2.75, 3.05) is 33.2 Å². The van der Waals surface area contributed by atoms with Gasteiger partial charge < -0.3 is 4.90 Å². The molecule has 2 aromatic carbocycles. The monoisotopic (exact) mass is 563 g/mol. The molecule has 0 aliphatic carbocycles. The third-order valence-corrected chi connectivity index (χ3v) is 8.33. The fourth-order valence-electron chi connectivity index (χ4n) is 3.75. The van der Waals surface area contributed by atoms with Crippen molar-refractivity contribution in [3.63, 3.8) is 0 Å². The van der Waals surface area contributed by atoms with E-state index in [1.807, 2.05) is 34.7 Å². The van der Waals surface area contributed by atoms with Crippen LogP contribution in [0.15, 0.2) is 53.4 Å². The van der Waals surface area contributed by atoms with Crippen molar-refractivity contribution in [3.8, 4) is 0 Å². The lowest BCUT2D eigenvalue weighted by atomic mass is 10.1. The van der Waals surface area contributed by atoms with Gasteiger partial charge in [-0.25, -0.2) is 12.4 Å². The molecule has 1 aliphatic rings. The van der Waals surface area contributed by atoms with Gasteiger partial charge in [0.25, 0.3) is 10.0 Å². The van der Waals surface area contributed by atoms with Gasteiger partial charge in [-0.2, -0.15) is 13.2 Å². The van der Waals surface area contributed by atoms with Gasteiger partial charge in [-0.15, -0.1) is 0 Å². The molecule has 2 heterocycles. The van der Waals surface area contributed by atoms with Crippen molar-refractivity contribution in [2.24, 2.45) is 0 Å². The van der Waals surface area contributed by atoms with Gasteiger partial charge in [-0.3, -0.25) is 4.90 Å². The Morgan fingerprint density at radius 1 is 1.00 bits per heavy atom. The van der Waals surface area contributed by atoms with E-state index in [0.29, 0.717) is 15.3 Å². The van der Waals surface area contributed by atoms with Crippen molar-refractivity contribution in [1.29, 1.82) is 0 Å². The van der Waals surface area contributed by atoms with E-state index in [1.165, 1.54) is 6.07 Å². The number of aromatic nitrogens is 1. The Labute approximate surface area is 192 Å². The molecule has 0 bridgehead atoms. The van der Waals surface area contributed by atoms with Crippen LogP contribution in [0.1, 0.15) is 11.1 Å². The van der Waals surface area contributed by atoms with Crippen LogP contribution in [0.5, 0.6) is 0 Å². The summed E-state index contributed by atoms with van der Waals surface area (Å²) in [6.07, 6.45) is -4.62. The maximum atomic E-state index is 13.2. The number of fused-ring (bicyclic) bond motifs is 1. The molecule has 0 saturated carbocycles. The quantitative estimate of drug-likeness (QED) is 0.446. The second-order valence-corrected chi connectivity index (χ2v) is 10.6. The van der Waals surface area contributed by atoms with Gasteiger partial charge in [0.15, 0.2) is 0 Å². The van der Waals surface area contributed by atoms with Crippen molar-refractivity contribution in [3.05, 3.63) is 63.4 Å². The Hall–Kier alpha value is -1.63. The van der Waals surface area contributed by atoms with Crippen LogP contribution < -0.4 is 0 Å². The number of halogens is 4. The predicted molar refractivity (Wildman–Crippen MR) is 121 cm³/mol. The van der Waals surface area contributed by atoms with Gasteiger partial charge in [0.1, 0.15) is 0 Å². The average molecular weight is 563 g/mol. The number of piperazine rings is 1. The second-order valence-electron chi connectivity index (χ2n) is 7.73. The number of likely N-dealkylation sites (N-methyl/N-ethyl adjacent to an activating group) is 1. The fraction of sp³-hybridized carbons (Fsp3) is 0.333. The van der Waals surface area contributed by atoms with E-state index in [4.69, 9.17) is 0 Å². The normalized spacial score (nSPS) is 16.8. The highest BCUT2D eigenvalue weighted by atomic mass is 127. The minimum Gasteiger partial charge on any atom is -0.304 e. The zero-order chi connectivity index (χ0) is 22.4. The fourth-order valence-corrected chi connectivity index (χ4v) is 6.57. The van der Waals surface area contributed by atoms with Gasteiger partial charge in [0, 0.05) is 38.1 Å². The van der Waals surface area contributed by atoms with Crippen LogP contribution in [0.4, 0.5) is 13.2 Å². The number of rotatable bonds is 4. The summed E-state index contributed by atoms with van der Waals surface area (Å²) in [5.41, 5.74) is 0.528. The molecule has 1 aromatic heterocycles. The molecule has 1 fully saturated rings. The van der Waals surface area contributed by atoms with Crippen LogP contribution in [0.25, 0.3) is 10.9 Å². The summed E-state index contributed by atoms with van der Waals surface area (Å²) in [6.45, 7) is 4.72. The van der Waals surface area contributed by atoms with E-state index in [2.05, 4.69) is 16.8 Å². The molecule has 4 rings (SSSR count). The maximum absolute atomic E-state index is 13.2. The first-order valence-corrected chi connectivity index (χ1v) is 12.2. The van der Waals surface area contributed by atoms with Gasteiger partial charge in [0.2, 0.25) is 0 Å². The zero-order valence-corrected chi connectivity index (χ0v) is 19.7. The molecule has 10 heteroatoms. The molecule has 3 aromatic rings. The van der Waals surface area contributed by atoms with Crippen LogP contribution in [-0.4, -0.2) is 55.4 Å². The van der Waals surface area contributed by atoms with Crippen molar-refractivity contribution < 1.29 is 21.6 Å². The molecule has 1 aliphatic heterocycles. The predicted octanol–water partition coefficient (Wildman–Crippen LogP) is 4.25. The minimum absolute atomic E-state index is 0.390. The second kappa shape index (κ2) is 8.38.